The van der Waals surface area contributed by atoms with Crippen LogP contribution in [-0.2, 0) is 4.79 Å². The van der Waals surface area contributed by atoms with Crippen LogP contribution in [0.2, 0.25) is 0 Å². The number of rotatable bonds is 4. The first-order valence-corrected chi connectivity index (χ1v) is 7.95. The monoisotopic (exact) mass is 267 g/mol. The Morgan fingerprint density at radius 3 is 2.68 bits per heavy atom. The van der Waals surface area contributed by atoms with Gasteiger partial charge >= 0.3 is 0 Å². The standard InChI is InChI=1S/C15H29N3O/c1-3-8-18-9-5-13(6-10-18)17-15(19)14-11-12(2)4-7-16-14/h12-14,16H,3-11H2,1-2H3,(H,17,19). The third-order valence-corrected chi connectivity index (χ3v) is 4.46. The van der Waals surface area contributed by atoms with Gasteiger partial charge in [-0.1, -0.05) is 13.8 Å². The van der Waals surface area contributed by atoms with Crippen molar-refractivity contribution in [2.45, 2.75) is 58.0 Å². The van der Waals surface area contributed by atoms with E-state index < -0.39 is 0 Å². The Hall–Kier alpha value is -0.610. The lowest BCUT2D eigenvalue weighted by molar-refractivity contribution is -0.125. The van der Waals surface area contributed by atoms with Gasteiger partial charge in [-0.05, 0) is 51.1 Å². The smallest absolute Gasteiger partial charge is 0.237 e. The Bertz CT molecular complexity index is 287. The van der Waals surface area contributed by atoms with Crippen molar-refractivity contribution < 1.29 is 4.79 Å². The molecule has 110 valence electrons. The van der Waals surface area contributed by atoms with E-state index in [4.69, 9.17) is 0 Å². The molecule has 0 aromatic carbocycles. The summed E-state index contributed by atoms with van der Waals surface area (Å²) in [5.74, 6) is 0.892. The van der Waals surface area contributed by atoms with Gasteiger partial charge < -0.3 is 15.5 Å². The quantitative estimate of drug-likeness (QED) is 0.808. The van der Waals surface area contributed by atoms with E-state index >= 15 is 0 Å². The third-order valence-electron chi connectivity index (χ3n) is 4.46. The van der Waals surface area contributed by atoms with E-state index in [1.54, 1.807) is 0 Å². The lowest BCUT2D eigenvalue weighted by atomic mass is 9.93. The number of carbonyl (C=O) groups is 1. The van der Waals surface area contributed by atoms with Crippen LogP contribution in [0.15, 0.2) is 0 Å². The molecular weight excluding hydrogens is 238 g/mol. The molecule has 2 heterocycles. The Morgan fingerprint density at radius 2 is 2.05 bits per heavy atom. The van der Waals surface area contributed by atoms with Crippen LogP contribution >= 0.6 is 0 Å². The average molecular weight is 267 g/mol. The van der Waals surface area contributed by atoms with Gasteiger partial charge in [-0.2, -0.15) is 0 Å². The molecule has 19 heavy (non-hydrogen) atoms. The van der Waals surface area contributed by atoms with Crippen molar-refractivity contribution in [3.05, 3.63) is 0 Å². The Labute approximate surface area is 117 Å². The summed E-state index contributed by atoms with van der Waals surface area (Å²) in [5, 5.41) is 6.59. The molecule has 2 N–H and O–H groups in total. The fourth-order valence-electron chi connectivity index (χ4n) is 3.23. The lowest BCUT2D eigenvalue weighted by Crippen LogP contribution is -2.53. The van der Waals surface area contributed by atoms with Crippen LogP contribution in [0.5, 0.6) is 0 Å². The molecular formula is C15H29N3O. The highest BCUT2D eigenvalue weighted by Crippen LogP contribution is 2.16. The van der Waals surface area contributed by atoms with E-state index in [1.165, 1.54) is 19.4 Å². The molecule has 0 saturated carbocycles. The Kier molecular flexibility index (Phi) is 5.64. The number of likely N-dealkylation sites (tertiary alicyclic amines) is 1. The number of nitrogens with zero attached hydrogens (tertiary/aromatic N) is 1. The average Bonchev–Trinajstić information content (AvgIpc) is 2.41. The Morgan fingerprint density at radius 1 is 1.32 bits per heavy atom. The van der Waals surface area contributed by atoms with Crippen LogP contribution in [0.1, 0.15) is 46.0 Å². The number of piperidine rings is 2. The van der Waals surface area contributed by atoms with Gasteiger partial charge in [-0.25, -0.2) is 0 Å². The van der Waals surface area contributed by atoms with Gasteiger partial charge in [0.1, 0.15) is 0 Å². The highest BCUT2D eigenvalue weighted by atomic mass is 16.2. The first-order valence-electron chi connectivity index (χ1n) is 7.95. The summed E-state index contributed by atoms with van der Waals surface area (Å²) in [4.78, 5) is 14.7. The minimum absolute atomic E-state index is 0.0393. The van der Waals surface area contributed by atoms with Crippen LogP contribution in [-0.4, -0.2) is 49.1 Å². The lowest BCUT2D eigenvalue weighted by Gasteiger charge is -2.34. The van der Waals surface area contributed by atoms with Crippen molar-refractivity contribution in [3.8, 4) is 0 Å². The zero-order valence-corrected chi connectivity index (χ0v) is 12.5. The van der Waals surface area contributed by atoms with Gasteiger partial charge in [-0.3, -0.25) is 4.79 Å². The number of nitrogens with one attached hydrogen (secondary N) is 2. The number of hydrogen-bond donors (Lipinski definition) is 2. The molecule has 2 aliphatic rings. The summed E-state index contributed by atoms with van der Waals surface area (Å²) in [6.45, 7) is 8.91. The SMILES string of the molecule is CCCN1CCC(NC(=O)C2CC(C)CCN2)CC1. The first kappa shape index (κ1) is 14.8. The second kappa shape index (κ2) is 7.25. The van der Waals surface area contributed by atoms with Gasteiger partial charge in [0.25, 0.3) is 0 Å². The van der Waals surface area contributed by atoms with Crippen LogP contribution in [0.4, 0.5) is 0 Å². The molecule has 0 radical (unpaired) electrons. The van der Waals surface area contributed by atoms with Crippen LogP contribution < -0.4 is 10.6 Å². The topological polar surface area (TPSA) is 44.4 Å². The van der Waals surface area contributed by atoms with Crippen LogP contribution in [0, 0.1) is 5.92 Å². The molecule has 0 aromatic heterocycles. The van der Waals surface area contributed by atoms with Crippen molar-refractivity contribution in [1.29, 1.82) is 0 Å². The minimum Gasteiger partial charge on any atom is -0.352 e. The van der Waals surface area contributed by atoms with Crippen molar-refractivity contribution >= 4 is 5.91 Å². The molecule has 0 bridgehead atoms. The molecule has 2 aliphatic heterocycles. The summed E-state index contributed by atoms with van der Waals surface area (Å²) in [6.07, 6.45) is 5.61. The largest absolute Gasteiger partial charge is 0.352 e. The van der Waals surface area contributed by atoms with Gasteiger partial charge in [0, 0.05) is 19.1 Å². The molecule has 4 nitrogen and oxygen atoms in total. The van der Waals surface area contributed by atoms with E-state index in [0.29, 0.717) is 12.0 Å². The molecule has 2 rings (SSSR count). The highest BCUT2D eigenvalue weighted by molar-refractivity contribution is 5.82. The summed E-state index contributed by atoms with van der Waals surface area (Å²) < 4.78 is 0. The maximum Gasteiger partial charge on any atom is 0.237 e. The fourth-order valence-corrected chi connectivity index (χ4v) is 3.23. The number of hydrogen-bond acceptors (Lipinski definition) is 3. The number of amides is 1. The van der Waals surface area contributed by atoms with E-state index in [2.05, 4.69) is 29.4 Å². The van der Waals surface area contributed by atoms with E-state index in [1.807, 2.05) is 0 Å². The molecule has 0 aromatic rings. The second-order valence-electron chi connectivity index (χ2n) is 6.26. The summed E-state index contributed by atoms with van der Waals surface area (Å²) >= 11 is 0. The summed E-state index contributed by atoms with van der Waals surface area (Å²) in [6, 6.07) is 0.428. The van der Waals surface area contributed by atoms with Crippen molar-refractivity contribution in [1.82, 2.24) is 15.5 Å². The third kappa shape index (κ3) is 4.46. The molecule has 0 aliphatic carbocycles. The van der Waals surface area contributed by atoms with E-state index in [-0.39, 0.29) is 11.9 Å². The van der Waals surface area contributed by atoms with E-state index in [9.17, 15) is 4.79 Å². The first-order chi connectivity index (χ1) is 9.19. The van der Waals surface area contributed by atoms with Crippen LogP contribution in [0.25, 0.3) is 0 Å². The fraction of sp³-hybridized carbons (Fsp3) is 0.933. The second-order valence-corrected chi connectivity index (χ2v) is 6.26. The molecule has 2 saturated heterocycles. The van der Waals surface area contributed by atoms with Crippen LogP contribution in [0.3, 0.4) is 0 Å². The van der Waals surface area contributed by atoms with E-state index in [0.717, 1.165) is 38.9 Å². The van der Waals surface area contributed by atoms with Gasteiger partial charge in [-0.15, -0.1) is 0 Å². The summed E-state index contributed by atoms with van der Waals surface area (Å²) in [5.41, 5.74) is 0. The van der Waals surface area contributed by atoms with Gasteiger partial charge in [0.2, 0.25) is 5.91 Å². The minimum atomic E-state index is 0.0393. The van der Waals surface area contributed by atoms with Gasteiger partial charge in [0.05, 0.1) is 6.04 Å². The summed E-state index contributed by atoms with van der Waals surface area (Å²) in [7, 11) is 0. The molecule has 4 heteroatoms. The molecule has 2 atom stereocenters. The van der Waals surface area contributed by atoms with Gasteiger partial charge in [0.15, 0.2) is 0 Å². The Balaban J connectivity index is 1.71. The molecule has 1 amide bonds. The highest BCUT2D eigenvalue weighted by Gasteiger charge is 2.27. The van der Waals surface area contributed by atoms with Crippen molar-refractivity contribution in [3.63, 3.8) is 0 Å². The zero-order chi connectivity index (χ0) is 13.7. The molecule has 2 fully saturated rings. The predicted octanol–water partition coefficient (Wildman–Crippen LogP) is 1.37. The molecule has 0 spiro atoms. The van der Waals surface area contributed by atoms with Crippen molar-refractivity contribution in [2.24, 2.45) is 5.92 Å². The maximum absolute atomic E-state index is 12.2. The van der Waals surface area contributed by atoms with Crippen molar-refractivity contribution in [2.75, 3.05) is 26.2 Å². The maximum atomic E-state index is 12.2. The predicted molar refractivity (Wildman–Crippen MR) is 78.1 cm³/mol. The molecule has 2 unspecified atom stereocenters. The zero-order valence-electron chi connectivity index (χ0n) is 12.5. The normalized spacial score (nSPS) is 30.2. The number of carbonyl (C=O) groups excluding carboxylic acids is 1.